The second-order valence-electron chi connectivity index (χ2n) is 5.51. The van der Waals surface area contributed by atoms with E-state index < -0.39 is 0 Å². The molecule has 2 aliphatic rings. The van der Waals surface area contributed by atoms with Crippen LogP contribution in [0, 0.1) is 11.8 Å². The third-order valence-corrected chi connectivity index (χ3v) is 3.74. The van der Waals surface area contributed by atoms with Crippen molar-refractivity contribution in [3.05, 3.63) is 0 Å². The fourth-order valence-corrected chi connectivity index (χ4v) is 2.16. The van der Waals surface area contributed by atoms with Gasteiger partial charge in [-0.05, 0) is 51.6 Å². The minimum atomic E-state index is 0.688. The molecule has 0 bridgehead atoms. The summed E-state index contributed by atoms with van der Waals surface area (Å²) in [5.74, 6) is 1.82. The molecule has 0 radical (unpaired) electrons. The molecule has 0 aromatic carbocycles. The molecule has 0 aliphatic heterocycles. The van der Waals surface area contributed by atoms with Crippen molar-refractivity contribution in [2.24, 2.45) is 11.8 Å². The molecule has 16 heavy (non-hydrogen) atoms. The van der Waals surface area contributed by atoms with E-state index in [4.69, 9.17) is 4.74 Å². The molecule has 0 saturated heterocycles. The summed E-state index contributed by atoms with van der Waals surface area (Å²) in [7, 11) is 4.29. The first kappa shape index (κ1) is 12.3. The van der Waals surface area contributed by atoms with Crippen molar-refractivity contribution in [3.63, 3.8) is 0 Å². The predicted molar refractivity (Wildman–Crippen MR) is 66.6 cm³/mol. The van der Waals surface area contributed by atoms with Gasteiger partial charge in [-0.1, -0.05) is 0 Å². The van der Waals surface area contributed by atoms with Gasteiger partial charge in [0.05, 0.1) is 6.61 Å². The molecule has 0 aromatic heterocycles. The van der Waals surface area contributed by atoms with Crippen molar-refractivity contribution in [2.75, 3.05) is 40.4 Å². The van der Waals surface area contributed by atoms with E-state index in [9.17, 15) is 0 Å². The molecular formula is C13H26N2O. The zero-order valence-electron chi connectivity index (χ0n) is 10.7. The van der Waals surface area contributed by atoms with Gasteiger partial charge in [0.25, 0.3) is 0 Å². The topological polar surface area (TPSA) is 24.5 Å². The summed E-state index contributed by atoms with van der Waals surface area (Å²) < 4.78 is 5.66. The van der Waals surface area contributed by atoms with Gasteiger partial charge in [0.15, 0.2) is 0 Å². The van der Waals surface area contributed by atoms with Gasteiger partial charge in [-0.2, -0.15) is 0 Å². The summed E-state index contributed by atoms with van der Waals surface area (Å²) in [6, 6.07) is 0.688. The first-order chi connectivity index (χ1) is 7.79. The molecule has 3 heteroatoms. The summed E-state index contributed by atoms with van der Waals surface area (Å²) in [5.41, 5.74) is 0. The van der Waals surface area contributed by atoms with Crippen LogP contribution in [0.5, 0.6) is 0 Å². The molecule has 2 rings (SSSR count). The first-order valence-electron chi connectivity index (χ1n) is 6.73. The number of ether oxygens (including phenoxy) is 1. The van der Waals surface area contributed by atoms with Crippen LogP contribution >= 0.6 is 0 Å². The summed E-state index contributed by atoms with van der Waals surface area (Å²) in [6.07, 6.45) is 5.60. The van der Waals surface area contributed by atoms with Gasteiger partial charge in [0, 0.05) is 25.7 Å². The standard InChI is InChI=1S/C13H26N2O/c1-14-13(12-5-6-12)9-15(2)7-8-16-10-11-3-4-11/h11-14H,3-10H2,1-2H3. The van der Waals surface area contributed by atoms with Crippen LogP contribution in [0.2, 0.25) is 0 Å². The molecule has 1 unspecified atom stereocenters. The SMILES string of the molecule is CNC(CN(C)CCOCC1CC1)C1CC1. The maximum absolute atomic E-state index is 5.66. The Hall–Kier alpha value is -0.120. The minimum absolute atomic E-state index is 0.688. The Labute approximate surface area is 99.5 Å². The summed E-state index contributed by atoms with van der Waals surface area (Å²) in [4.78, 5) is 2.40. The molecule has 2 fully saturated rings. The molecule has 94 valence electrons. The molecular weight excluding hydrogens is 200 g/mol. The third-order valence-electron chi connectivity index (χ3n) is 3.74. The quantitative estimate of drug-likeness (QED) is 0.601. The van der Waals surface area contributed by atoms with E-state index in [1.807, 2.05) is 0 Å². The Bertz CT molecular complexity index is 202. The lowest BCUT2D eigenvalue weighted by Gasteiger charge is -2.23. The number of nitrogens with zero attached hydrogens (tertiary/aromatic N) is 1. The van der Waals surface area contributed by atoms with E-state index in [1.165, 1.54) is 25.7 Å². The average molecular weight is 226 g/mol. The lowest BCUT2D eigenvalue weighted by molar-refractivity contribution is 0.100. The largest absolute Gasteiger partial charge is 0.380 e. The van der Waals surface area contributed by atoms with Gasteiger partial charge in [0.1, 0.15) is 0 Å². The highest BCUT2D eigenvalue weighted by molar-refractivity contribution is 4.87. The lowest BCUT2D eigenvalue weighted by Crippen LogP contribution is -2.40. The van der Waals surface area contributed by atoms with E-state index in [0.29, 0.717) is 6.04 Å². The van der Waals surface area contributed by atoms with Crippen LogP contribution in [0.25, 0.3) is 0 Å². The Kier molecular flexibility index (Phi) is 4.62. The van der Waals surface area contributed by atoms with Crippen LogP contribution in [0.4, 0.5) is 0 Å². The van der Waals surface area contributed by atoms with E-state index in [1.54, 1.807) is 0 Å². The molecule has 1 atom stereocenters. The van der Waals surface area contributed by atoms with E-state index >= 15 is 0 Å². The van der Waals surface area contributed by atoms with Crippen LogP contribution < -0.4 is 5.32 Å². The summed E-state index contributed by atoms with van der Waals surface area (Å²) in [6.45, 7) is 4.12. The minimum Gasteiger partial charge on any atom is -0.380 e. The molecule has 0 spiro atoms. The molecule has 2 aliphatic carbocycles. The fourth-order valence-electron chi connectivity index (χ4n) is 2.16. The lowest BCUT2D eigenvalue weighted by atomic mass is 10.2. The zero-order valence-corrected chi connectivity index (χ0v) is 10.7. The van der Waals surface area contributed by atoms with Crippen LogP contribution in [-0.2, 0) is 4.74 Å². The highest BCUT2D eigenvalue weighted by Crippen LogP contribution is 2.32. The number of likely N-dealkylation sites (N-methyl/N-ethyl adjacent to an activating group) is 2. The van der Waals surface area contributed by atoms with E-state index in [2.05, 4.69) is 24.3 Å². The molecule has 3 nitrogen and oxygen atoms in total. The van der Waals surface area contributed by atoms with Crippen LogP contribution in [-0.4, -0.2) is 51.3 Å². The van der Waals surface area contributed by atoms with E-state index in [-0.39, 0.29) is 0 Å². The van der Waals surface area contributed by atoms with E-state index in [0.717, 1.165) is 38.1 Å². The van der Waals surface area contributed by atoms with Crippen molar-refractivity contribution < 1.29 is 4.74 Å². The van der Waals surface area contributed by atoms with Crippen LogP contribution in [0.3, 0.4) is 0 Å². The Morgan fingerprint density at radius 2 is 2.06 bits per heavy atom. The highest BCUT2D eigenvalue weighted by atomic mass is 16.5. The normalized spacial score (nSPS) is 22.7. The summed E-state index contributed by atoms with van der Waals surface area (Å²) in [5, 5.41) is 3.43. The predicted octanol–water partition coefficient (Wildman–Crippen LogP) is 1.34. The summed E-state index contributed by atoms with van der Waals surface area (Å²) >= 11 is 0. The van der Waals surface area contributed by atoms with Gasteiger partial charge in [-0.15, -0.1) is 0 Å². The Balaban J connectivity index is 1.50. The van der Waals surface area contributed by atoms with Crippen molar-refractivity contribution in [1.82, 2.24) is 10.2 Å². The van der Waals surface area contributed by atoms with Crippen molar-refractivity contribution >= 4 is 0 Å². The molecule has 0 aromatic rings. The monoisotopic (exact) mass is 226 g/mol. The number of nitrogens with one attached hydrogen (secondary N) is 1. The Morgan fingerprint density at radius 1 is 1.31 bits per heavy atom. The Morgan fingerprint density at radius 3 is 2.62 bits per heavy atom. The maximum Gasteiger partial charge on any atom is 0.0593 e. The smallest absolute Gasteiger partial charge is 0.0593 e. The van der Waals surface area contributed by atoms with Crippen LogP contribution in [0.15, 0.2) is 0 Å². The second-order valence-corrected chi connectivity index (χ2v) is 5.51. The average Bonchev–Trinajstić information content (AvgIpc) is 3.14. The fraction of sp³-hybridized carbons (Fsp3) is 1.00. The third kappa shape index (κ3) is 4.40. The van der Waals surface area contributed by atoms with Crippen molar-refractivity contribution in [3.8, 4) is 0 Å². The van der Waals surface area contributed by atoms with Gasteiger partial charge < -0.3 is 15.0 Å². The number of rotatable bonds is 9. The van der Waals surface area contributed by atoms with Crippen molar-refractivity contribution in [1.29, 1.82) is 0 Å². The molecule has 0 heterocycles. The highest BCUT2D eigenvalue weighted by Gasteiger charge is 2.30. The maximum atomic E-state index is 5.66. The zero-order chi connectivity index (χ0) is 11.4. The van der Waals surface area contributed by atoms with Crippen LogP contribution in [0.1, 0.15) is 25.7 Å². The molecule has 1 N–H and O–H groups in total. The molecule has 2 saturated carbocycles. The number of hydrogen-bond acceptors (Lipinski definition) is 3. The first-order valence-corrected chi connectivity index (χ1v) is 6.73. The second kappa shape index (κ2) is 5.99. The van der Waals surface area contributed by atoms with Gasteiger partial charge >= 0.3 is 0 Å². The number of hydrogen-bond donors (Lipinski definition) is 1. The van der Waals surface area contributed by atoms with Gasteiger partial charge in [0.2, 0.25) is 0 Å². The van der Waals surface area contributed by atoms with Gasteiger partial charge in [-0.3, -0.25) is 0 Å². The van der Waals surface area contributed by atoms with Crippen molar-refractivity contribution in [2.45, 2.75) is 31.7 Å². The van der Waals surface area contributed by atoms with Gasteiger partial charge in [-0.25, -0.2) is 0 Å². The molecule has 0 amide bonds.